The van der Waals surface area contributed by atoms with Crippen LogP contribution in [0.2, 0.25) is 0 Å². The maximum absolute atomic E-state index is 12.5. The first kappa shape index (κ1) is 12.6. The normalized spacial score (nSPS) is 10.6. The average molecular weight is 251 g/mol. The molecule has 0 aliphatic heterocycles. The zero-order valence-corrected chi connectivity index (χ0v) is 9.09. The molecule has 1 aromatic rings. The van der Waals surface area contributed by atoms with Crippen LogP contribution < -0.4 is 5.73 Å². The third-order valence-electron chi connectivity index (χ3n) is 1.89. The van der Waals surface area contributed by atoms with E-state index >= 15 is 0 Å². The SMILES string of the molecule is COC(=O)c1nc(C(F)F)c(N)cc1CCl. The highest BCUT2D eigenvalue weighted by molar-refractivity contribution is 6.17. The molecule has 0 saturated heterocycles. The van der Waals surface area contributed by atoms with Crippen molar-refractivity contribution in [3.63, 3.8) is 0 Å². The van der Waals surface area contributed by atoms with Gasteiger partial charge in [0.25, 0.3) is 6.43 Å². The van der Waals surface area contributed by atoms with Gasteiger partial charge in [-0.05, 0) is 6.07 Å². The molecule has 1 aromatic heterocycles. The van der Waals surface area contributed by atoms with Crippen molar-refractivity contribution in [1.29, 1.82) is 0 Å². The lowest BCUT2D eigenvalue weighted by Crippen LogP contribution is -2.12. The van der Waals surface area contributed by atoms with Gasteiger partial charge in [-0.25, -0.2) is 18.6 Å². The van der Waals surface area contributed by atoms with E-state index in [9.17, 15) is 13.6 Å². The molecule has 0 fully saturated rings. The first-order valence-corrected chi connectivity index (χ1v) is 4.76. The van der Waals surface area contributed by atoms with E-state index in [0.717, 1.165) is 7.11 Å². The van der Waals surface area contributed by atoms with Crippen molar-refractivity contribution in [2.75, 3.05) is 12.8 Å². The van der Waals surface area contributed by atoms with E-state index in [4.69, 9.17) is 17.3 Å². The number of hydrogen-bond acceptors (Lipinski definition) is 4. The number of alkyl halides is 3. The summed E-state index contributed by atoms with van der Waals surface area (Å²) in [5.74, 6) is -0.886. The summed E-state index contributed by atoms with van der Waals surface area (Å²) in [7, 11) is 1.13. The van der Waals surface area contributed by atoms with Gasteiger partial charge in [-0.1, -0.05) is 0 Å². The predicted molar refractivity (Wildman–Crippen MR) is 54.5 cm³/mol. The van der Waals surface area contributed by atoms with Crippen LogP contribution >= 0.6 is 11.6 Å². The van der Waals surface area contributed by atoms with Crippen LogP contribution in [0.1, 0.15) is 28.2 Å². The number of methoxy groups -OCH3 is 1. The Morgan fingerprint density at radius 3 is 2.75 bits per heavy atom. The summed E-state index contributed by atoms with van der Waals surface area (Å²) >= 11 is 5.55. The highest BCUT2D eigenvalue weighted by atomic mass is 35.5. The minimum atomic E-state index is -2.85. The van der Waals surface area contributed by atoms with Crippen molar-refractivity contribution < 1.29 is 18.3 Å². The fraction of sp³-hybridized carbons (Fsp3) is 0.333. The number of carbonyl (C=O) groups excluding carboxylic acids is 1. The number of hydrogen-bond donors (Lipinski definition) is 1. The molecule has 0 unspecified atom stereocenters. The fourth-order valence-electron chi connectivity index (χ4n) is 1.14. The Labute approximate surface area is 95.4 Å². The molecule has 0 atom stereocenters. The molecular weight excluding hydrogens is 242 g/mol. The lowest BCUT2D eigenvalue weighted by atomic mass is 10.1. The topological polar surface area (TPSA) is 65.2 Å². The van der Waals surface area contributed by atoms with Crippen LogP contribution in [0.25, 0.3) is 0 Å². The van der Waals surface area contributed by atoms with Crippen LogP contribution in [0.5, 0.6) is 0 Å². The van der Waals surface area contributed by atoms with Gasteiger partial charge in [-0.2, -0.15) is 0 Å². The zero-order chi connectivity index (χ0) is 12.3. The highest BCUT2D eigenvalue weighted by Crippen LogP contribution is 2.26. The van der Waals surface area contributed by atoms with E-state index in [1.807, 2.05) is 0 Å². The number of esters is 1. The van der Waals surface area contributed by atoms with E-state index in [2.05, 4.69) is 9.72 Å². The smallest absolute Gasteiger partial charge is 0.356 e. The second-order valence-electron chi connectivity index (χ2n) is 2.90. The molecule has 0 amide bonds. The molecule has 7 heteroatoms. The molecule has 1 heterocycles. The van der Waals surface area contributed by atoms with Crippen LogP contribution in [0.3, 0.4) is 0 Å². The molecular formula is C9H9ClF2N2O2. The minimum absolute atomic E-state index is 0.0643. The van der Waals surface area contributed by atoms with Crippen molar-refractivity contribution in [2.24, 2.45) is 0 Å². The van der Waals surface area contributed by atoms with Gasteiger partial charge in [0.1, 0.15) is 5.69 Å². The second-order valence-corrected chi connectivity index (χ2v) is 3.16. The van der Waals surface area contributed by atoms with E-state index < -0.39 is 18.1 Å². The Morgan fingerprint density at radius 2 is 2.31 bits per heavy atom. The molecule has 0 saturated carbocycles. The molecule has 1 rings (SSSR count). The van der Waals surface area contributed by atoms with Crippen LogP contribution in [-0.4, -0.2) is 18.1 Å². The van der Waals surface area contributed by atoms with Crippen molar-refractivity contribution in [3.05, 3.63) is 23.0 Å². The van der Waals surface area contributed by atoms with Crippen LogP contribution in [0.15, 0.2) is 6.07 Å². The molecule has 0 spiro atoms. The number of aromatic nitrogens is 1. The van der Waals surface area contributed by atoms with Gasteiger partial charge in [-0.3, -0.25) is 0 Å². The molecule has 0 radical (unpaired) electrons. The Hall–Kier alpha value is -1.43. The van der Waals surface area contributed by atoms with Gasteiger partial charge in [0.15, 0.2) is 5.69 Å². The Bertz CT molecular complexity index is 413. The lowest BCUT2D eigenvalue weighted by molar-refractivity contribution is 0.0591. The maximum Gasteiger partial charge on any atom is 0.356 e. The molecule has 0 aliphatic rings. The average Bonchev–Trinajstić information content (AvgIpc) is 2.27. The third kappa shape index (κ3) is 2.38. The lowest BCUT2D eigenvalue weighted by Gasteiger charge is -2.09. The number of pyridine rings is 1. The molecule has 88 valence electrons. The van der Waals surface area contributed by atoms with Crippen molar-refractivity contribution in [1.82, 2.24) is 4.98 Å². The number of nitrogens with zero attached hydrogens (tertiary/aromatic N) is 1. The number of nitrogens with two attached hydrogens (primary N) is 1. The molecule has 2 N–H and O–H groups in total. The highest BCUT2D eigenvalue weighted by Gasteiger charge is 2.21. The summed E-state index contributed by atoms with van der Waals surface area (Å²) in [4.78, 5) is 14.7. The molecule has 0 aromatic carbocycles. The number of carbonyl (C=O) groups is 1. The summed E-state index contributed by atoms with van der Waals surface area (Å²) in [6, 6.07) is 1.20. The first-order chi connectivity index (χ1) is 7.51. The monoisotopic (exact) mass is 250 g/mol. The second kappa shape index (κ2) is 5.07. The van der Waals surface area contributed by atoms with E-state index in [1.54, 1.807) is 0 Å². The van der Waals surface area contributed by atoms with Gasteiger partial charge < -0.3 is 10.5 Å². The number of halogens is 3. The largest absolute Gasteiger partial charge is 0.464 e. The number of ether oxygens (including phenoxy) is 1. The van der Waals surface area contributed by atoms with Crippen molar-refractivity contribution >= 4 is 23.3 Å². The van der Waals surface area contributed by atoms with Gasteiger partial charge in [0.2, 0.25) is 0 Å². The quantitative estimate of drug-likeness (QED) is 0.659. The van der Waals surface area contributed by atoms with E-state index in [-0.39, 0.29) is 22.8 Å². The minimum Gasteiger partial charge on any atom is -0.464 e. The third-order valence-corrected chi connectivity index (χ3v) is 2.18. The van der Waals surface area contributed by atoms with E-state index in [0.29, 0.717) is 0 Å². The van der Waals surface area contributed by atoms with Crippen molar-refractivity contribution in [3.8, 4) is 0 Å². The summed E-state index contributed by atoms with van der Waals surface area (Å²) in [5, 5.41) is 0. The van der Waals surface area contributed by atoms with Crippen molar-refractivity contribution in [2.45, 2.75) is 12.3 Å². The molecule has 16 heavy (non-hydrogen) atoms. The molecule has 0 bridgehead atoms. The Kier molecular flexibility index (Phi) is 4.00. The summed E-state index contributed by atoms with van der Waals surface area (Å²) < 4.78 is 29.4. The van der Waals surface area contributed by atoms with Gasteiger partial charge in [-0.15, -0.1) is 11.6 Å². The summed E-state index contributed by atoms with van der Waals surface area (Å²) in [6.45, 7) is 0. The van der Waals surface area contributed by atoms with Crippen LogP contribution in [0, 0.1) is 0 Å². The Morgan fingerprint density at radius 1 is 1.69 bits per heavy atom. The number of rotatable bonds is 3. The Balaban J connectivity index is 3.34. The maximum atomic E-state index is 12.5. The standard InChI is InChI=1S/C9H9ClF2N2O2/c1-16-9(15)6-4(3-10)2-5(13)7(14-6)8(11)12/h2,8H,3,13H2,1H3. The van der Waals surface area contributed by atoms with Gasteiger partial charge >= 0.3 is 5.97 Å². The van der Waals surface area contributed by atoms with E-state index in [1.165, 1.54) is 6.07 Å². The fourth-order valence-corrected chi connectivity index (χ4v) is 1.34. The molecule has 0 aliphatic carbocycles. The zero-order valence-electron chi connectivity index (χ0n) is 8.34. The number of nitrogen functional groups attached to an aromatic ring is 1. The van der Waals surface area contributed by atoms with Gasteiger partial charge in [0, 0.05) is 11.4 Å². The van der Waals surface area contributed by atoms with Crippen LogP contribution in [0.4, 0.5) is 14.5 Å². The summed E-state index contributed by atoms with van der Waals surface area (Å²) in [5.41, 5.74) is 4.54. The van der Waals surface area contributed by atoms with Crippen LogP contribution in [-0.2, 0) is 10.6 Å². The summed E-state index contributed by atoms with van der Waals surface area (Å²) in [6.07, 6.45) is -2.85. The van der Waals surface area contributed by atoms with Gasteiger partial charge in [0.05, 0.1) is 12.8 Å². The predicted octanol–water partition coefficient (Wildman–Crippen LogP) is 2.13. The first-order valence-electron chi connectivity index (χ1n) is 4.23. The number of anilines is 1. The molecule has 4 nitrogen and oxygen atoms in total.